The van der Waals surface area contributed by atoms with Crippen molar-refractivity contribution in [1.29, 1.82) is 0 Å². The number of carbonyl (C=O) groups is 1. The zero-order valence-electron chi connectivity index (χ0n) is 5.86. The smallest absolute Gasteiger partial charge is 0.176 e. The highest BCUT2D eigenvalue weighted by atomic mass is 79.9. The Kier molecular flexibility index (Phi) is 1.94. The van der Waals surface area contributed by atoms with E-state index in [0.717, 1.165) is 10.2 Å². The standard InChI is InChI=1S/C7H8BrNO/c1-4-3-6(8)9-7(4)5(2)10/h3,9H,1-2H3. The van der Waals surface area contributed by atoms with Crippen molar-refractivity contribution >= 4 is 21.7 Å². The minimum absolute atomic E-state index is 0.0724. The van der Waals surface area contributed by atoms with Gasteiger partial charge in [-0.1, -0.05) is 0 Å². The number of aromatic amines is 1. The molecule has 0 aliphatic heterocycles. The number of ketones is 1. The molecule has 0 aliphatic rings. The van der Waals surface area contributed by atoms with Gasteiger partial charge < -0.3 is 4.98 Å². The SMILES string of the molecule is CC(=O)c1[nH]c(Br)cc1C. The Hall–Kier alpha value is -0.570. The van der Waals surface area contributed by atoms with E-state index in [4.69, 9.17) is 0 Å². The molecular formula is C7H8BrNO. The number of aryl methyl sites for hydroxylation is 1. The molecule has 0 fully saturated rings. The summed E-state index contributed by atoms with van der Waals surface area (Å²) in [6.45, 7) is 3.45. The van der Waals surface area contributed by atoms with E-state index in [9.17, 15) is 4.79 Å². The molecule has 1 aromatic rings. The summed E-state index contributed by atoms with van der Waals surface area (Å²) < 4.78 is 0.857. The minimum atomic E-state index is 0.0724. The number of hydrogen-bond donors (Lipinski definition) is 1. The van der Waals surface area contributed by atoms with Gasteiger partial charge in [-0.05, 0) is 34.5 Å². The Balaban J connectivity index is 3.15. The van der Waals surface area contributed by atoms with Crippen molar-refractivity contribution in [2.75, 3.05) is 0 Å². The van der Waals surface area contributed by atoms with Crippen LogP contribution >= 0.6 is 15.9 Å². The number of halogens is 1. The first-order chi connectivity index (χ1) is 4.61. The number of H-pyrrole nitrogens is 1. The second-order valence-electron chi connectivity index (χ2n) is 2.23. The van der Waals surface area contributed by atoms with E-state index in [2.05, 4.69) is 20.9 Å². The number of aromatic nitrogens is 1. The zero-order valence-corrected chi connectivity index (χ0v) is 7.45. The molecule has 0 aromatic carbocycles. The van der Waals surface area contributed by atoms with Crippen molar-refractivity contribution in [3.8, 4) is 0 Å². The van der Waals surface area contributed by atoms with Crippen molar-refractivity contribution in [2.45, 2.75) is 13.8 Å². The van der Waals surface area contributed by atoms with E-state index in [1.54, 1.807) is 6.92 Å². The van der Waals surface area contributed by atoms with Gasteiger partial charge in [-0.25, -0.2) is 0 Å². The first kappa shape index (κ1) is 7.54. The summed E-state index contributed by atoms with van der Waals surface area (Å²) in [6.07, 6.45) is 0. The lowest BCUT2D eigenvalue weighted by Gasteiger charge is -1.89. The van der Waals surface area contributed by atoms with Gasteiger partial charge >= 0.3 is 0 Å². The highest BCUT2D eigenvalue weighted by molar-refractivity contribution is 9.10. The normalized spacial score (nSPS) is 9.90. The highest BCUT2D eigenvalue weighted by Gasteiger charge is 2.05. The lowest BCUT2D eigenvalue weighted by molar-refractivity contribution is 0.101. The van der Waals surface area contributed by atoms with Crippen LogP contribution in [0.15, 0.2) is 10.7 Å². The van der Waals surface area contributed by atoms with Crippen LogP contribution in [0, 0.1) is 6.92 Å². The minimum Gasteiger partial charge on any atom is -0.347 e. The molecule has 0 radical (unpaired) electrons. The Labute approximate surface area is 67.8 Å². The molecule has 0 atom stereocenters. The van der Waals surface area contributed by atoms with Gasteiger partial charge in [0.2, 0.25) is 0 Å². The molecule has 0 amide bonds. The molecule has 1 N–H and O–H groups in total. The first-order valence-electron chi connectivity index (χ1n) is 2.97. The van der Waals surface area contributed by atoms with Crippen molar-refractivity contribution in [3.05, 3.63) is 21.9 Å². The monoisotopic (exact) mass is 201 g/mol. The quantitative estimate of drug-likeness (QED) is 0.696. The molecule has 3 heteroatoms. The fraction of sp³-hybridized carbons (Fsp3) is 0.286. The largest absolute Gasteiger partial charge is 0.347 e. The summed E-state index contributed by atoms with van der Waals surface area (Å²) in [6, 6.07) is 1.89. The Bertz CT molecular complexity index is 265. The molecule has 0 saturated carbocycles. The maximum Gasteiger partial charge on any atom is 0.176 e. The average Bonchev–Trinajstić information content (AvgIpc) is 2.10. The second-order valence-corrected chi connectivity index (χ2v) is 3.09. The fourth-order valence-corrected chi connectivity index (χ4v) is 1.42. The molecule has 1 rings (SSSR count). The third kappa shape index (κ3) is 1.29. The molecule has 1 heterocycles. The van der Waals surface area contributed by atoms with Gasteiger partial charge in [-0.2, -0.15) is 0 Å². The van der Waals surface area contributed by atoms with E-state index in [1.165, 1.54) is 0 Å². The Morgan fingerprint density at radius 2 is 2.30 bits per heavy atom. The number of hydrogen-bond acceptors (Lipinski definition) is 1. The molecule has 0 bridgehead atoms. The van der Waals surface area contributed by atoms with Crippen LogP contribution in [0.5, 0.6) is 0 Å². The predicted octanol–water partition coefficient (Wildman–Crippen LogP) is 2.29. The third-order valence-corrected chi connectivity index (χ3v) is 1.76. The molecule has 0 unspecified atom stereocenters. The summed E-state index contributed by atoms with van der Waals surface area (Å²) in [5.41, 5.74) is 1.67. The Morgan fingerprint density at radius 3 is 2.50 bits per heavy atom. The van der Waals surface area contributed by atoms with Crippen molar-refractivity contribution in [1.82, 2.24) is 4.98 Å². The van der Waals surface area contributed by atoms with Gasteiger partial charge in [0.15, 0.2) is 5.78 Å². The summed E-state index contributed by atoms with van der Waals surface area (Å²) in [5.74, 6) is 0.0724. The highest BCUT2D eigenvalue weighted by Crippen LogP contribution is 2.14. The third-order valence-electron chi connectivity index (χ3n) is 1.33. The van der Waals surface area contributed by atoms with Crippen LogP contribution in [0.1, 0.15) is 23.0 Å². The molecule has 1 aromatic heterocycles. The predicted molar refractivity (Wildman–Crippen MR) is 43.2 cm³/mol. The van der Waals surface area contributed by atoms with Gasteiger partial charge in [0.1, 0.15) is 0 Å². The van der Waals surface area contributed by atoms with Crippen molar-refractivity contribution in [2.24, 2.45) is 0 Å². The fourth-order valence-electron chi connectivity index (χ4n) is 0.882. The molecule has 10 heavy (non-hydrogen) atoms. The molecule has 54 valence electrons. The topological polar surface area (TPSA) is 32.9 Å². The lowest BCUT2D eigenvalue weighted by atomic mass is 10.2. The van der Waals surface area contributed by atoms with E-state index in [0.29, 0.717) is 5.69 Å². The second kappa shape index (κ2) is 2.58. The number of nitrogens with one attached hydrogen (secondary N) is 1. The summed E-state index contributed by atoms with van der Waals surface area (Å²) >= 11 is 3.24. The molecule has 0 saturated heterocycles. The van der Waals surface area contributed by atoms with Crippen LogP contribution in [0.25, 0.3) is 0 Å². The first-order valence-corrected chi connectivity index (χ1v) is 3.76. The van der Waals surface area contributed by atoms with Crippen LogP contribution in [0.3, 0.4) is 0 Å². The van der Waals surface area contributed by atoms with E-state index >= 15 is 0 Å². The summed E-state index contributed by atoms with van der Waals surface area (Å²) in [7, 11) is 0. The number of Topliss-reactive ketones (excluding diaryl/α,β-unsaturated/α-hetero) is 1. The summed E-state index contributed by atoms with van der Waals surface area (Å²) in [5, 5.41) is 0. The van der Waals surface area contributed by atoms with Crippen LogP contribution in [-0.4, -0.2) is 10.8 Å². The Morgan fingerprint density at radius 1 is 1.70 bits per heavy atom. The molecule has 0 spiro atoms. The van der Waals surface area contributed by atoms with E-state index in [1.807, 2.05) is 13.0 Å². The van der Waals surface area contributed by atoms with Crippen LogP contribution in [0.4, 0.5) is 0 Å². The molecular weight excluding hydrogens is 194 g/mol. The van der Waals surface area contributed by atoms with Crippen molar-refractivity contribution < 1.29 is 4.79 Å². The van der Waals surface area contributed by atoms with Crippen molar-refractivity contribution in [3.63, 3.8) is 0 Å². The number of carbonyl (C=O) groups excluding carboxylic acids is 1. The van der Waals surface area contributed by atoms with Gasteiger partial charge in [0, 0.05) is 6.92 Å². The lowest BCUT2D eigenvalue weighted by Crippen LogP contribution is -1.93. The van der Waals surface area contributed by atoms with Crippen LogP contribution in [-0.2, 0) is 0 Å². The molecule has 0 aliphatic carbocycles. The van der Waals surface area contributed by atoms with Gasteiger partial charge in [-0.15, -0.1) is 0 Å². The maximum atomic E-state index is 10.8. The van der Waals surface area contributed by atoms with Crippen LogP contribution in [0.2, 0.25) is 0 Å². The van der Waals surface area contributed by atoms with Gasteiger partial charge in [0.25, 0.3) is 0 Å². The molecule has 2 nitrogen and oxygen atoms in total. The summed E-state index contributed by atoms with van der Waals surface area (Å²) in [4.78, 5) is 13.7. The average molecular weight is 202 g/mol. The number of rotatable bonds is 1. The van der Waals surface area contributed by atoms with Gasteiger partial charge in [-0.3, -0.25) is 4.79 Å². The van der Waals surface area contributed by atoms with E-state index < -0.39 is 0 Å². The zero-order chi connectivity index (χ0) is 7.72. The maximum absolute atomic E-state index is 10.8. The van der Waals surface area contributed by atoms with E-state index in [-0.39, 0.29) is 5.78 Å². The van der Waals surface area contributed by atoms with Crippen LogP contribution < -0.4 is 0 Å². The van der Waals surface area contributed by atoms with Gasteiger partial charge in [0.05, 0.1) is 10.3 Å².